The number of benzene rings is 3. The van der Waals surface area contributed by atoms with Crippen LogP contribution < -0.4 is 0 Å². The van der Waals surface area contributed by atoms with E-state index in [1.807, 2.05) is 36.4 Å². The molecule has 0 aliphatic heterocycles. The summed E-state index contributed by atoms with van der Waals surface area (Å²) in [6.45, 7) is 0. The second-order valence-electron chi connectivity index (χ2n) is 5.24. The predicted octanol–water partition coefficient (Wildman–Crippen LogP) is 4.06. The molecule has 0 saturated heterocycles. The summed E-state index contributed by atoms with van der Waals surface area (Å²) < 4.78 is 0. The van der Waals surface area contributed by atoms with Gasteiger partial charge in [0.05, 0.1) is 0 Å². The van der Waals surface area contributed by atoms with Crippen LogP contribution in [0.2, 0.25) is 0 Å². The highest BCUT2D eigenvalue weighted by Gasteiger charge is 2.05. The Kier molecular flexibility index (Phi) is 3.71. The van der Waals surface area contributed by atoms with E-state index in [0.717, 1.165) is 16.7 Å². The Hall–Kier alpha value is -2.94. The summed E-state index contributed by atoms with van der Waals surface area (Å²) in [6, 6.07) is 19.5. The van der Waals surface area contributed by atoms with E-state index < -0.39 is 0 Å². The van der Waals surface area contributed by atoms with E-state index in [1.165, 1.54) is 12.1 Å². The summed E-state index contributed by atoms with van der Waals surface area (Å²) in [5, 5.41) is 28.8. The smallest absolute Gasteiger partial charge is 0.119 e. The molecule has 3 N–H and O–H groups in total. The molecule has 0 atom stereocenters. The third kappa shape index (κ3) is 3.04. The first kappa shape index (κ1) is 14.0. The molecule has 0 aliphatic rings. The molecule has 0 unspecified atom stereocenters. The van der Waals surface area contributed by atoms with Crippen LogP contribution in [0.15, 0.2) is 66.7 Å². The number of rotatable bonds is 3. The van der Waals surface area contributed by atoms with Crippen LogP contribution in [0.4, 0.5) is 0 Å². The second kappa shape index (κ2) is 5.82. The van der Waals surface area contributed by atoms with Gasteiger partial charge in [-0.2, -0.15) is 0 Å². The van der Waals surface area contributed by atoms with Crippen molar-refractivity contribution in [2.75, 3.05) is 0 Å². The third-order valence-electron chi connectivity index (χ3n) is 3.59. The summed E-state index contributed by atoms with van der Waals surface area (Å²) in [5.41, 5.74) is 3.68. The van der Waals surface area contributed by atoms with Gasteiger partial charge in [0.15, 0.2) is 0 Å². The minimum atomic E-state index is 0.143. The average molecular weight is 292 g/mol. The molecule has 0 spiro atoms. The van der Waals surface area contributed by atoms with Crippen LogP contribution in [0.1, 0.15) is 11.1 Å². The highest BCUT2D eigenvalue weighted by molar-refractivity contribution is 5.65. The lowest BCUT2D eigenvalue weighted by molar-refractivity contribution is 0.455. The van der Waals surface area contributed by atoms with Gasteiger partial charge >= 0.3 is 0 Å². The third-order valence-corrected chi connectivity index (χ3v) is 3.59. The normalized spacial score (nSPS) is 10.5. The maximum absolute atomic E-state index is 9.82. The van der Waals surface area contributed by atoms with E-state index in [0.29, 0.717) is 12.0 Å². The minimum absolute atomic E-state index is 0.143. The Morgan fingerprint density at radius 3 is 2.09 bits per heavy atom. The van der Waals surface area contributed by atoms with Crippen molar-refractivity contribution < 1.29 is 15.3 Å². The zero-order valence-corrected chi connectivity index (χ0v) is 11.9. The van der Waals surface area contributed by atoms with Gasteiger partial charge in [0.25, 0.3) is 0 Å². The van der Waals surface area contributed by atoms with Gasteiger partial charge in [0.1, 0.15) is 17.2 Å². The molecule has 0 saturated carbocycles. The van der Waals surface area contributed by atoms with Crippen LogP contribution in [0.3, 0.4) is 0 Å². The average Bonchev–Trinajstić information content (AvgIpc) is 2.52. The number of hydrogen-bond acceptors (Lipinski definition) is 3. The van der Waals surface area contributed by atoms with Gasteiger partial charge in [-0.3, -0.25) is 0 Å². The molecule has 3 rings (SSSR count). The van der Waals surface area contributed by atoms with Gasteiger partial charge in [-0.05, 0) is 47.0 Å². The Labute approximate surface area is 128 Å². The van der Waals surface area contributed by atoms with Gasteiger partial charge in [-0.1, -0.05) is 36.4 Å². The van der Waals surface area contributed by atoms with Crippen LogP contribution >= 0.6 is 0 Å². The standard InChI is InChI=1S/C19H16O3/c20-17-3-1-2-15(11-17)14-6-4-13(5-7-14)10-16-12-18(21)8-9-19(16)22/h1-9,11-12,20-22H,10H2. The van der Waals surface area contributed by atoms with Gasteiger partial charge in [-0.25, -0.2) is 0 Å². The number of aromatic hydroxyl groups is 3. The van der Waals surface area contributed by atoms with E-state index in [4.69, 9.17) is 0 Å². The van der Waals surface area contributed by atoms with E-state index >= 15 is 0 Å². The summed E-state index contributed by atoms with van der Waals surface area (Å²) in [4.78, 5) is 0. The predicted molar refractivity (Wildman–Crippen MR) is 86.1 cm³/mol. The van der Waals surface area contributed by atoms with Gasteiger partial charge in [0.2, 0.25) is 0 Å². The maximum atomic E-state index is 9.82. The molecular formula is C19H16O3. The lowest BCUT2D eigenvalue weighted by Gasteiger charge is -2.07. The number of hydrogen-bond donors (Lipinski definition) is 3. The van der Waals surface area contributed by atoms with E-state index in [9.17, 15) is 15.3 Å². The van der Waals surface area contributed by atoms with Crippen molar-refractivity contribution in [2.45, 2.75) is 6.42 Å². The largest absolute Gasteiger partial charge is 0.508 e. The molecule has 0 amide bonds. The molecular weight excluding hydrogens is 276 g/mol. The lowest BCUT2D eigenvalue weighted by Crippen LogP contribution is -1.89. The molecule has 3 aromatic rings. The fourth-order valence-corrected chi connectivity index (χ4v) is 2.43. The summed E-state index contributed by atoms with van der Waals surface area (Å²) in [7, 11) is 0. The molecule has 0 heterocycles. The lowest BCUT2D eigenvalue weighted by atomic mass is 9.99. The van der Waals surface area contributed by atoms with Crippen LogP contribution in [-0.2, 0) is 6.42 Å². The Bertz CT molecular complexity index is 792. The molecule has 0 bridgehead atoms. The van der Waals surface area contributed by atoms with Gasteiger partial charge in [0, 0.05) is 12.0 Å². The van der Waals surface area contributed by atoms with Crippen molar-refractivity contribution in [1.82, 2.24) is 0 Å². The topological polar surface area (TPSA) is 60.7 Å². The van der Waals surface area contributed by atoms with E-state index in [1.54, 1.807) is 18.2 Å². The molecule has 0 aliphatic carbocycles. The van der Waals surface area contributed by atoms with Crippen molar-refractivity contribution >= 4 is 0 Å². The molecule has 0 radical (unpaired) electrons. The first-order chi connectivity index (χ1) is 10.6. The zero-order chi connectivity index (χ0) is 15.5. The number of phenolic OH excluding ortho intramolecular Hbond substituents is 3. The van der Waals surface area contributed by atoms with Crippen molar-refractivity contribution in [2.24, 2.45) is 0 Å². The highest BCUT2D eigenvalue weighted by Crippen LogP contribution is 2.27. The second-order valence-corrected chi connectivity index (χ2v) is 5.24. The summed E-state index contributed by atoms with van der Waals surface area (Å²) in [6.07, 6.45) is 0.542. The van der Waals surface area contributed by atoms with Gasteiger partial charge in [-0.15, -0.1) is 0 Å². The van der Waals surface area contributed by atoms with Gasteiger partial charge < -0.3 is 15.3 Å². The zero-order valence-electron chi connectivity index (χ0n) is 11.9. The van der Waals surface area contributed by atoms with Crippen LogP contribution in [-0.4, -0.2) is 15.3 Å². The van der Waals surface area contributed by atoms with Crippen molar-refractivity contribution in [3.05, 3.63) is 77.9 Å². The fourth-order valence-electron chi connectivity index (χ4n) is 2.43. The monoisotopic (exact) mass is 292 g/mol. The Balaban J connectivity index is 1.84. The molecule has 0 fully saturated rings. The Morgan fingerprint density at radius 2 is 1.36 bits per heavy atom. The van der Waals surface area contributed by atoms with E-state index in [2.05, 4.69) is 0 Å². The van der Waals surface area contributed by atoms with Crippen molar-refractivity contribution in [3.63, 3.8) is 0 Å². The van der Waals surface area contributed by atoms with Crippen LogP contribution in [0.5, 0.6) is 17.2 Å². The molecule has 3 heteroatoms. The number of phenols is 3. The summed E-state index contributed by atoms with van der Waals surface area (Å²) in [5.74, 6) is 0.560. The molecule has 3 aromatic carbocycles. The summed E-state index contributed by atoms with van der Waals surface area (Å²) >= 11 is 0. The molecule has 22 heavy (non-hydrogen) atoms. The van der Waals surface area contributed by atoms with Crippen LogP contribution in [0, 0.1) is 0 Å². The SMILES string of the molecule is Oc1cccc(-c2ccc(Cc3cc(O)ccc3O)cc2)c1. The van der Waals surface area contributed by atoms with Crippen molar-refractivity contribution in [3.8, 4) is 28.4 Å². The highest BCUT2D eigenvalue weighted by atomic mass is 16.3. The molecule has 0 aromatic heterocycles. The molecule has 110 valence electrons. The molecule has 3 nitrogen and oxygen atoms in total. The van der Waals surface area contributed by atoms with E-state index in [-0.39, 0.29) is 17.2 Å². The quantitative estimate of drug-likeness (QED) is 0.638. The van der Waals surface area contributed by atoms with Crippen molar-refractivity contribution in [1.29, 1.82) is 0 Å². The first-order valence-corrected chi connectivity index (χ1v) is 7.01. The van der Waals surface area contributed by atoms with Crippen LogP contribution in [0.25, 0.3) is 11.1 Å². The first-order valence-electron chi connectivity index (χ1n) is 7.01. The Morgan fingerprint density at radius 1 is 0.636 bits per heavy atom. The maximum Gasteiger partial charge on any atom is 0.119 e. The minimum Gasteiger partial charge on any atom is -0.508 e. The fraction of sp³-hybridized carbons (Fsp3) is 0.0526.